The highest BCUT2D eigenvalue weighted by molar-refractivity contribution is 5.77. The van der Waals surface area contributed by atoms with Crippen LogP contribution < -0.4 is 5.32 Å². The lowest BCUT2D eigenvalue weighted by molar-refractivity contribution is -0.146. The largest absolute Gasteiger partial charge is 0.465 e. The van der Waals surface area contributed by atoms with Crippen molar-refractivity contribution in [3.05, 3.63) is 35.9 Å². The van der Waals surface area contributed by atoms with Gasteiger partial charge in [-0.15, -0.1) is 0 Å². The third-order valence-electron chi connectivity index (χ3n) is 3.28. The molecule has 2 unspecified atom stereocenters. The lowest BCUT2D eigenvalue weighted by Gasteiger charge is -2.23. The van der Waals surface area contributed by atoms with E-state index in [0.717, 1.165) is 18.4 Å². The number of nitrogens with one attached hydrogen (secondary N) is 1. The molecule has 0 aliphatic carbocycles. The number of benzene rings is 1. The summed E-state index contributed by atoms with van der Waals surface area (Å²) in [6.07, 6.45) is 2.21. The molecule has 1 rings (SSSR count). The Morgan fingerprint density at radius 2 is 1.80 bits per heavy atom. The first kappa shape index (κ1) is 16.7. The van der Waals surface area contributed by atoms with Crippen molar-refractivity contribution >= 4 is 5.97 Å². The summed E-state index contributed by atoms with van der Waals surface area (Å²) in [7, 11) is 0. The molecule has 3 nitrogen and oxygen atoms in total. The molecule has 1 aromatic rings. The molecule has 20 heavy (non-hydrogen) atoms. The molecule has 0 aliphatic rings. The van der Waals surface area contributed by atoms with Crippen molar-refractivity contribution in [3.8, 4) is 0 Å². The summed E-state index contributed by atoms with van der Waals surface area (Å²) in [6.45, 7) is 8.80. The van der Waals surface area contributed by atoms with Crippen molar-refractivity contribution in [1.82, 2.24) is 5.32 Å². The van der Waals surface area contributed by atoms with E-state index in [0.29, 0.717) is 12.5 Å². The van der Waals surface area contributed by atoms with E-state index >= 15 is 0 Å². The standard InChI is InChI=1S/C17H27NO2/c1-5-20-17(19)16(15-9-7-6-8-10-15)18-14(4)12-11-13(2)3/h6-10,13-14,16,18H,5,11-12H2,1-4H3. The van der Waals surface area contributed by atoms with E-state index in [1.807, 2.05) is 37.3 Å². The van der Waals surface area contributed by atoms with Crippen LogP contribution in [0.5, 0.6) is 0 Å². The average molecular weight is 277 g/mol. The van der Waals surface area contributed by atoms with Crippen LogP contribution in [-0.4, -0.2) is 18.6 Å². The van der Waals surface area contributed by atoms with Gasteiger partial charge < -0.3 is 4.74 Å². The second-order valence-corrected chi connectivity index (χ2v) is 5.63. The van der Waals surface area contributed by atoms with E-state index in [2.05, 4.69) is 26.1 Å². The van der Waals surface area contributed by atoms with Crippen molar-refractivity contribution < 1.29 is 9.53 Å². The van der Waals surface area contributed by atoms with Crippen molar-refractivity contribution in [2.24, 2.45) is 5.92 Å². The Morgan fingerprint density at radius 1 is 1.15 bits per heavy atom. The van der Waals surface area contributed by atoms with Crippen LogP contribution in [0.4, 0.5) is 0 Å². The summed E-state index contributed by atoms with van der Waals surface area (Å²) < 4.78 is 5.18. The fraction of sp³-hybridized carbons (Fsp3) is 0.588. The monoisotopic (exact) mass is 277 g/mol. The molecule has 1 aromatic carbocycles. The van der Waals surface area contributed by atoms with Crippen LogP contribution >= 0.6 is 0 Å². The first-order chi connectivity index (χ1) is 9.54. The van der Waals surface area contributed by atoms with Gasteiger partial charge >= 0.3 is 5.97 Å². The molecule has 0 heterocycles. The lowest BCUT2D eigenvalue weighted by Crippen LogP contribution is -2.36. The summed E-state index contributed by atoms with van der Waals surface area (Å²) in [6, 6.07) is 9.68. The molecular weight excluding hydrogens is 250 g/mol. The maximum atomic E-state index is 12.1. The number of hydrogen-bond acceptors (Lipinski definition) is 3. The molecular formula is C17H27NO2. The van der Waals surface area contributed by atoms with E-state index in [-0.39, 0.29) is 18.1 Å². The van der Waals surface area contributed by atoms with Crippen LogP contribution in [0.15, 0.2) is 30.3 Å². The molecule has 0 saturated carbocycles. The van der Waals surface area contributed by atoms with E-state index in [9.17, 15) is 4.79 Å². The Hall–Kier alpha value is -1.35. The normalized spacial score (nSPS) is 14.1. The highest BCUT2D eigenvalue weighted by Gasteiger charge is 2.23. The van der Waals surface area contributed by atoms with Crippen molar-refractivity contribution in [3.63, 3.8) is 0 Å². The number of rotatable bonds is 8. The van der Waals surface area contributed by atoms with Gasteiger partial charge in [-0.25, -0.2) is 4.79 Å². The summed E-state index contributed by atoms with van der Waals surface area (Å²) in [5, 5.41) is 3.40. The van der Waals surface area contributed by atoms with Gasteiger partial charge in [-0.2, -0.15) is 0 Å². The third kappa shape index (κ3) is 5.74. The molecule has 3 heteroatoms. The first-order valence-corrected chi connectivity index (χ1v) is 7.52. The van der Waals surface area contributed by atoms with Gasteiger partial charge in [0, 0.05) is 6.04 Å². The van der Waals surface area contributed by atoms with Gasteiger partial charge in [0.05, 0.1) is 6.61 Å². The van der Waals surface area contributed by atoms with Gasteiger partial charge in [0.2, 0.25) is 0 Å². The predicted octanol–water partition coefficient (Wildman–Crippen LogP) is 3.71. The molecule has 0 aliphatic heterocycles. The second kappa shape index (κ2) is 8.75. The number of hydrogen-bond donors (Lipinski definition) is 1. The van der Waals surface area contributed by atoms with Gasteiger partial charge in [0.15, 0.2) is 0 Å². The SMILES string of the molecule is CCOC(=O)C(NC(C)CCC(C)C)c1ccccc1. The fourth-order valence-corrected chi connectivity index (χ4v) is 2.12. The van der Waals surface area contributed by atoms with Crippen LogP contribution in [0.3, 0.4) is 0 Å². The molecule has 0 aromatic heterocycles. The predicted molar refractivity (Wildman–Crippen MR) is 82.5 cm³/mol. The molecule has 0 spiro atoms. The van der Waals surface area contributed by atoms with Crippen LogP contribution in [0.1, 0.15) is 52.1 Å². The first-order valence-electron chi connectivity index (χ1n) is 7.52. The van der Waals surface area contributed by atoms with Crippen molar-refractivity contribution in [1.29, 1.82) is 0 Å². The Labute approximate surface area is 122 Å². The summed E-state index contributed by atoms with van der Waals surface area (Å²) in [5.41, 5.74) is 0.961. The highest BCUT2D eigenvalue weighted by atomic mass is 16.5. The zero-order valence-electron chi connectivity index (χ0n) is 13.1. The topological polar surface area (TPSA) is 38.3 Å². The maximum absolute atomic E-state index is 12.1. The van der Waals surface area contributed by atoms with Gasteiger partial charge in [-0.05, 0) is 38.2 Å². The number of ether oxygens (including phenoxy) is 1. The van der Waals surface area contributed by atoms with Gasteiger partial charge in [0.1, 0.15) is 6.04 Å². The zero-order valence-corrected chi connectivity index (χ0v) is 13.1. The van der Waals surface area contributed by atoms with Gasteiger partial charge in [-0.1, -0.05) is 44.2 Å². The Kier molecular flexibility index (Phi) is 7.31. The molecule has 0 fully saturated rings. The smallest absolute Gasteiger partial charge is 0.327 e. The van der Waals surface area contributed by atoms with E-state index < -0.39 is 0 Å². The molecule has 1 N–H and O–H groups in total. The van der Waals surface area contributed by atoms with Gasteiger partial charge in [0.25, 0.3) is 0 Å². The van der Waals surface area contributed by atoms with Crippen LogP contribution in [0, 0.1) is 5.92 Å². The van der Waals surface area contributed by atoms with Crippen molar-refractivity contribution in [2.75, 3.05) is 6.61 Å². The number of carbonyl (C=O) groups is 1. The fourth-order valence-electron chi connectivity index (χ4n) is 2.12. The second-order valence-electron chi connectivity index (χ2n) is 5.63. The van der Waals surface area contributed by atoms with Crippen LogP contribution in [0.2, 0.25) is 0 Å². The summed E-state index contributed by atoms with van der Waals surface area (Å²) >= 11 is 0. The highest BCUT2D eigenvalue weighted by Crippen LogP contribution is 2.17. The minimum absolute atomic E-state index is 0.199. The Bertz CT molecular complexity index is 389. The van der Waals surface area contributed by atoms with Gasteiger partial charge in [-0.3, -0.25) is 5.32 Å². The van der Waals surface area contributed by atoms with E-state index in [1.54, 1.807) is 0 Å². The minimum atomic E-state index is -0.377. The minimum Gasteiger partial charge on any atom is -0.465 e. The van der Waals surface area contributed by atoms with E-state index in [1.165, 1.54) is 0 Å². The zero-order chi connectivity index (χ0) is 15.0. The van der Waals surface area contributed by atoms with Crippen LogP contribution in [-0.2, 0) is 9.53 Å². The maximum Gasteiger partial charge on any atom is 0.327 e. The number of carbonyl (C=O) groups excluding carboxylic acids is 1. The quantitative estimate of drug-likeness (QED) is 0.736. The molecule has 112 valence electrons. The Balaban J connectivity index is 2.71. The molecule has 0 amide bonds. The molecule has 0 saturated heterocycles. The molecule has 2 atom stereocenters. The average Bonchev–Trinajstić information content (AvgIpc) is 2.43. The number of esters is 1. The molecule has 0 radical (unpaired) electrons. The lowest BCUT2D eigenvalue weighted by atomic mass is 10.0. The molecule has 0 bridgehead atoms. The summed E-state index contributed by atoms with van der Waals surface area (Å²) in [4.78, 5) is 12.1. The van der Waals surface area contributed by atoms with Crippen molar-refractivity contribution in [2.45, 2.75) is 52.6 Å². The summed E-state index contributed by atoms with van der Waals surface area (Å²) in [5.74, 6) is 0.479. The Morgan fingerprint density at radius 3 is 2.35 bits per heavy atom. The van der Waals surface area contributed by atoms with Crippen LogP contribution in [0.25, 0.3) is 0 Å². The third-order valence-corrected chi connectivity index (χ3v) is 3.28. The van der Waals surface area contributed by atoms with E-state index in [4.69, 9.17) is 4.74 Å².